The first-order valence-electron chi connectivity index (χ1n) is 12.0. The normalized spacial score (nSPS) is 15.2. The lowest BCUT2D eigenvalue weighted by molar-refractivity contribution is 0.0628. The van der Waals surface area contributed by atoms with Crippen LogP contribution in [0.1, 0.15) is 28.4 Å². The molecule has 2 heterocycles. The standard InChI is InChI=1S/C28H30N2O5/c1-2-32-24-7-9-25(10-8-24)33-19-22-4-3-5-23(16-22)28(31)30-14-12-29(13-15-30)18-21-6-11-26-27(17-21)35-20-34-26/h3-11,16-17H,2,12-15,18-20H2,1H3. The Balaban J connectivity index is 1.12. The van der Waals surface area contributed by atoms with Gasteiger partial charge < -0.3 is 23.8 Å². The van der Waals surface area contributed by atoms with Crippen LogP contribution in [-0.2, 0) is 13.2 Å². The molecule has 0 saturated carbocycles. The number of fused-ring (bicyclic) bond motifs is 1. The highest BCUT2D eigenvalue weighted by molar-refractivity contribution is 5.94. The number of rotatable bonds is 8. The first-order valence-corrected chi connectivity index (χ1v) is 12.0. The molecule has 0 atom stereocenters. The molecule has 0 spiro atoms. The van der Waals surface area contributed by atoms with Crippen molar-refractivity contribution in [2.45, 2.75) is 20.1 Å². The van der Waals surface area contributed by atoms with Gasteiger partial charge in [0.2, 0.25) is 6.79 Å². The summed E-state index contributed by atoms with van der Waals surface area (Å²) in [5.41, 5.74) is 2.85. The largest absolute Gasteiger partial charge is 0.494 e. The number of carbonyl (C=O) groups excluding carboxylic acids is 1. The van der Waals surface area contributed by atoms with Crippen molar-refractivity contribution in [3.8, 4) is 23.0 Å². The summed E-state index contributed by atoms with van der Waals surface area (Å²) in [6, 6.07) is 21.4. The van der Waals surface area contributed by atoms with E-state index in [-0.39, 0.29) is 12.7 Å². The number of benzene rings is 3. The fourth-order valence-corrected chi connectivity index (χ4v) is 4.35. The van der Waals surface area contributed by atoms with Crippen molar-refractivity contribution in [2.24, 2.45) is 0 Å². The van der Waals surface area contributed by atoms with E-state index >= 15 is 0 Å². The lowest BCUT2D eigenvalue weighted by Crippen LogP contribution is -2.48. The smallest absolute Gasteiger partial charge is 0.253 e. The van der Waals surface area contributed by atoms with Gasteiger partial charge in [-0.25, -0.2) is 0 Å². The van der Waals surface area contributed by atoms with Crippen molar-refractivity contribution >= 4 is 5.91 Å². The van der Waals surface area contributed by atoms with Gasteiger partial charge in [-0.2, -0.15) is 0 Å². The van der Waals surface area contributed by atoms with Gasteiger partial charge in [0, 0.05) is 38.3 Å². The summed E-state index contributed by atoms with van der Waals surface area (Å²) in [6.45, 7) is 7.19. The average Bonchev–Trinajstić information content (AvgIpc) is 3.37. The highest BCUT2D eigenvalue weighted by atomic mass is 16.7. The highest BCUT2D eigenvalue weighted by Crippen LogP contribution is 2.33. The quantitative estimate of drug-likeness (QED) is 0.484. The predicted molar refractivity (Wildman–Crippen MR) is 132 cm³/mol. The van der Waals surface area contributed by atoms with E-state index in [1.165, 1.54) is 5.56 Å². The summed E-state index contributed by atoms with van der Waals surface area (Å²) in [5, 5.41) is 0. The van der Waals surface area contributed by atoms with Gasteiger partial charge in [-0.15, -0.1) is 0 Å². The fraction of sp³-hybridized carbons (Fsp3) is 0.321. The van der Waals surface area contributed by atoms with Crippen LogP contribution in [0.3, 0.4) is 0 Å². The van der Waals surface area contributed by atoms with Crippen molar-refractivity contribution < 1.29 is 23.7 Å². The van der Waals surface area contributed by atoms with E-state index in [0.717, 1.165) is 48.2 Å². The van der Waals surface area contributed by atoms with Gasteiger partial charge in [0.15, 0.2) is 11.5 Å². The van der Waals surface area contributed by atoms with Crippen LogP contribution in [0, 0.1) is 0 Å². The Morgan fingerprint density at radius 3 is 2.34 bits per heavy atom. The van der Waals surface area contributed by atoms with Gasteiger partial charge in [0.1, 0.15) is 18.1 Å². The van der Waals surface area contributed by atoms with Crippen LogP contribution >= 0.6 is 0 Å². The molecule has 1 amide bonds. The van der Waals surface area contributed by atoms with E-state index in [1.807, 2.05) is 72.5 Å². The van der Waals surface area contributed by atoms with Gasteiger partial charge in [0.05, 0.1) is 6.61 Å². The SMILES string of the molecule is CCOc1ccc(OCc2cccc(C(=O)N3CCN(Cc4ccc5c(c4)OCO5)CC3)c2)cc1. The molecule has 35 heavy (non-hydrogen) atoms. The van der Waals surface area contributed by atoms with Gasteiger partial charge in [-0.1, -0.05) is 18.2 Å². The molecule has 5 rings (SSSR count). The Bertz CT molecular complexity index is 1160. The molecule has 182 valence electrons. The van der Waals surface area contributed by atoms with Crippen molar-refractivity contribution in [1.82, 2.24) is 9.80 Å². The van der Waals surface area contributed by atoms with Crippen molar-refractivity contribution in [3.05, 3.63) is 83.4 Å². The number of hydrogen-bond acceptors (Lipinski definition) is 6. The molecule has 2 aliphatic heterocycles. The summed E-state index contributed by atoms with van der Waals surface area (Å²) in [5.74, 6) is 3.27. The zero-order chi connectivity index (χ0) is 24.0. The number of hydrogen-bond donors (Lipinski definition) is 0. The van der Waals surface area contributed by atoms with Crippen LogP contribution < -0.4 is 18.9 Å². The number of piperazine rings is 1. The van der Waals surface area contributed by atoms with Crippen molar-refractivity contribution in [2.75, 3.05) is 39.6 Å². The maximum absolute atomic E-state index is 13.1. The van der Waals surface area contributed by atoms with E-state index in [9.17, 15) is 4.79 Å². The van der Waals surface area contributed by atoms with Gasteiger partial charge in [0.25, 0.3) is 5.91 Å². The first-order chi connectivity index (χ1) is 17.2. The number of amides is 1. The summed E-state index contributed by atoms with van der Waals surface area (Å²) >= 11 is 0. The molecule has 0 unspecified atom stereocenters. The maximum atomic E-state index is 13.1. The van der Waals surface area contributed by atoms with E-state index in [4.69, 9.17) is 18.9 Å². The third-order valence-electron chi connectivity index (χ3n) is 6.22. The summed E-state index contributed by atoms with van der Waals surface area (Å²) in [6.07, 6.45) is 0. The van der Waals surface area contributed by atoms with Crippen LogP contribution in [0.4, 0.5) is 0 Å². The zero-order valence-electron chi connectivity index (χ0n) is 19.9. The number of ether oxygens (including phenoxy) is 4. The summed E-state index contributed by atoms with van der Waals surface area (Å²) < 4.78 is 22.2. The molecule has 7 nitrogen and oxygen atoms in total. The molecule has 1 fully saturated rings. The monoisotopic (exact) mass is 474 g/mol. The zero-order valence-corrected chi connectivity index (χ0v) is 19.9. The topological polar surface area (TPSA) is 60.5 Å². The predicted octanol–water partition coefficient (Wildman–Crippen LogP) is 4.35. The highest BCUT2D eigenvalue weighted by Gasteiger charge is 2.23. The molecule has 0 bridgehead atoms. The lowest BCUT2D eigenvalue weighted by atomic mass is 10.1. The van der Waals surface area contributed by atoms with E-state index < -0.39 is 0 Å². The Kier molecular flexibility index (Phi) is 7.04. The number of carbonyl (C=O) groups is 1. The molecule has 1 saturated heterocycles. The Labute approximate surface area is 205 Å². The van der Waals surface area contributed by atoms with E-state index in [1.54, 1.807) is 0 Å². The van der Waals surface area contributed by atoms with Crippen LogP contribution in [0.25, 0.3) is 0 Å². The molecule has 0 radical (unpaired) electrons. The average molecular weight is 475 g/mol. The number of nitrogens with zero attached hydrogens (tertiary/aromatic N) is 2. The Morgan fingerprint density at radius 1 is 0.829 bits per heavy atom. The second-order valence-corrected chi connectivity index (χ2v) is 8.65. The van der Waals surface area contributed by atoms with Gasteiger partial charge in [-0.05, 0) is 66.6 Å². The van der Waals surface area contributed by atoms with Crippen molar-refractivity contribution in [3.63, 3.8) is 0 Å². The molecule has 7 heteroatoms. The molecule has 0 N–H and O–H groups in total. The molecular formula is C28H30N2O5. The molecule has 3 aromatic rings. The van der Waals surface area contributed by atoms with Crippen LogP contribution in [0.2, 0.25) is 0 Å². The third kappa shape index (κ3) is 5.69. The molecule has 3 aromatic carbocycles. The van der Waals surface area contributed by atoms with E-state index in [0.29, 0.717) is 31.9 Å². The van der Waals surface area contributed by atoms with Gasteiger partial charge >= 0.3 is 0 Å². The first kappa shape index (κ1) is 23.1. The van der Waals surface area contributed by atoms with E-state index in [2.05, 4.69) is 11.0 Å². The third-order valence-corrected chi connectivity index (χ3v) is 6.22. The summed E-state index contributed by atoms with van der Waals surface area (Å²) in [4.78, 5) is 17.4. The maximum Gasteiger partial charge on any atom is 0.253 e. The minimum atomic E-state index is 0.0654. The Morgan fingerprint density at radius 2 is 1.57 bits per heavy atom. The molecule has 0 aromatic heterocycles. The summed E-state index contributed by atoms with van der Waals surface area (Å²) in [7, 11) is 0. The second-order valence-electron chi connectivity index (χ2n) is 8.65. The second kappa shape index (κ2) is 10.7. The fourth-order valence-electron chi connectivity index (χ4n) is 4.35. The molecule has 0 aliphatic carbocycles. The van der Waals surface area contributed by atoms with Gasteiger partial charge in [-0.3, -0.25) is 9.69 Å². The minimum Gasteiger partial charge on any atom is -0.494 e. The van der Waals surface area contributed by atoms with Crippen LogP contribution in [0.5, 0.6) is 23.0 Å². The molecule has 2 aliphatic rings. The van der Waals surface area contributed by atoms with Crippen LogP contribution in [-0.4, -0.2) is 55.3 Å². The Hall–Kier alpha value is -3.71. The van der Waals surface area contributed by atoms with Crippen LogP contribution in [0.15, 0.2) is 66.7 Å². The lowest BCUT2D eigenvalue weighted by Gasteiger charge is -2.34. The molecular weight excluding hydrogens is 444 g/mol. The minimum absolute atomic E-state index is 0.0654. The van der Waals surface area contributed by atoms with Crippen molar-refractivity contribution in [1.29, 1.82) is 0 Å².